The van der Waals surface area contributed by atoms with Crippen LogP contribution in [0.1, 0.15) is 39.3 Å². The van der Waals surface area contributed by atoms with Gasteiger partial charge in [0.1, 0.15) is 30.0 Å². The molecule has 4 saturated heterocycles. The van der Waals surface area contributed by atoms with E-state index in [0.717, 1.165) is 5.56 Å². The van der Waals surface area contributed by atoms with Crippen molar-refractivity contribution >= 4 is 17.7 Å². The number of β-lactam (4-membered cyclic amide) rings is 1. The van der Waals surface area contributed by atoms with Gasteiger partial charge in [0.2, 0.25) is 0 Å². The third-order valence-corrected chi connectivity index (χ3v) is 7.77. The van der Waals surface area contributed by atoms with Crippen LogP contribution in [0.4, 0.5) is 10.5 Å². The molecular weight excluding hydrogens is 504 g/mol. The van der Waals surface area contributed by atoms with E-state index in [2.05, 4.69) is 0 Å². The van der Waals surface area contributed by atoms with E-state index in [0.29, 0.717) is 11.4 Å². The lowest BCUT2D eigenvalue weighted by atomic mass is 9.84. The molecule has 0 aliphatic carbocycles. The van der Waals surface area contributed by atoms with E-state index in [1.807, 2.05) is 82.3 Å². The van der Waals surface area contributed by atoms with Gasteiger partial charge in [0.25, 0.3) is 5.91 Å². The van der Waals surface area contributed by atoms with Crippen molar-refractivity contribution in [2.24, 2.45) is 0 Å². The van der Waals surface area contributed by atoms with Gasteiger partial charge < -0.3 is 33.3 Å². The second kappa shape index (κ2) is 9.48. The summed E-state index contributed by atoms with van der Waals surface area (Å²) in [5, 5.41) is 0. The van der Waals surface area contributed by atoms with Crippen molar-refractivity contribution in [3.8, 4) is 5.75 Å². The number of benzene rings is 2. The molecule has 10 nitrogen and oxygen atoms in total. The fourth-order valence-electron chi connectivity index (χ4n) is 6.03. The number of cyclic esters (lactones) is 1. The van der Waals surface area contributed by atoms with Crippen molar-refractivity contribution in [2.45, 2.75) is 75.7 Å². The first-order chi connectivity index (χ1) is 18.6. The van der Waals surface area contributed by atoms with Crippen LogP contribution in [0.5, 0.6) is 5.75 Å². The summed E-state index contributed by atoms with van der Waals surface area (Å²) in [5.41, 5.74) is 1.61. The fourth-order valence-corrected chi connectivity index (χ4v) is 6.03. The monoisotopic (exact) mass is 538 g/mol. The third-order valence-electron chi connectivity index (χ3n) is 7.77. The molecule has 0 N–H and O–H groups in total. The molecule has 6 atom stereocenters. The van der Waals surface area contributed by atoms with Crippen LogP contribution in [-0.2, 0) is 28.5 Å². The molecule has 2 aromatic carbocycles. The number of rotatable bonds is 6. The zero-order chi connectivity index (χ0) is 27.5. The maximum absolute atomic E-state index is 14.0. The van der Waals surface area contributed by atoms with E-state index in [1.165, 1.54) is 0 Å². The minimum atomic E-state index is -0.837. The molecule has 4 fully saturated rings. The molecule has 0 bridgehead atoms. The summed E-state index contributed by atoms with van der Waals surface area (Å²) in [5.74, 6) is -1.17. The van der Waals surface area contributed by atoms with Gasteiger partial charge in [-0.3, -0.25) is 9.69 Å². The average Bonchev–Trinajstić information content (AvgIpc) is 3.57. The molecule has 0 saturated carbocycles. The van der Waals surface area contributed by atoms with Gasteiger partial charge >= 0.3 is 6.09 Å². The summed E-state index contributed by atoms with van der Waals surface area (Å²) in [6, 6.07) is 15.1. The predicted octanol–water partition coefficient (Wildman–Crippen LogP) is 3.64. The molecule has 0 spiro atoms. The molecule has 39 heavy (non-hydrogen) atoms. The summed E-state index contributed by atoms with van der Waals surface area (Å²) in [7, 11) is 1.60. The summed E-state index contributed by atoms with van der Waals surface area (Å²) >= 11 is 0. The van der Waals surface area contributed by atoms with Crippen molar-refractivity contribution in [2.75, 3.05) is 25.2 Å². The molecule has 0 radical (unpaired) electrons. The van der Waals surface area contributed by atoms with Gasteiger partial charge in [0.05, 0.1) is 26.4 Å². The molecule has 10 heteroatoms. The van der Waals surface area contributed by atoms with Crippen LogP contribution in [0.25, 0.3) is 0 Å². The third kappa shape index (κ3) is 4.55. The number of carbonyl (C=O) groups excluding carboxylic acids is 2. The topological polar surface area (TPSA) is 96.0 Å². The average molecular weight is 539 g/mol. The Morgan fingerprint density at radius 2 is 1.44 bits per heavy atom. The van der Waals surface area contributed by atoms with Crippen molar-refractivity contribution < 1.29 is 38.0 Å². The summed E-state index contributed by atoms with van der Waals surface area (Å²) in [6.07, 6.45) is -2.33. The van der Waals surface area contributed by atoms with Gasteiger partial charge in [-0.25, -0.2) is 4.79 Å². The number of amides is 2. The van der Waals surface area contributed by atoms with E-state index >= 15 is 0 Å². The Kier molecular flexibility index (Phi) is 6.33. The Bertz CT molecular complexity index is 1230. The number of nitrogens with zero attached hydrogens (tertiary/aromatic N) is 2. The second-order valence-corrected chi connectivity index (χ2v) is 11.2. The summed E-state index contributed by atoms with van der Waals surface area (Å²) in [4.78, 5) is 30.9. The van der Waals surface area contributed by atoms with Crippen LogP contribution in [0, 0.1) is 0 Å². The summed E-state index contributed by atoms with van der Waals surface area (Å²) in [6.45, 7) is 7.80. The van der Waals surface area contributed by atoms with E-state index in [1.54, 1.807) is 16.9 Å². The molecule has 6 rings (SSSR count). The van der Waals surface area contributed by atoms with E-state index in [9.17, 15) is 9.59 Å². The molecule has 0 unspecified atom stereocenters. The molecule has 208 valence electrons. The lowest BCUT2D eigenvalue weighted by molar-refractivity contribution is -0.163. The molecule has 4 heterocycles. The van der Waals surface area contributed by atoms with Crippen molar-refractivity contribution in [1.29, 1.82) is 0 Å². The predicted molar refractivity (Wildman–Crippen MR) is 139 cm³/mol. The smallest absolute Gasteiger partial charge is 0.411 e. The van der Waals surface area contributed by atoms with Crippen LogP contribution >= 0.6 is 0 Å². The molecule has 4 aliphatic heterocycles. The van der Waals surface area contributed by atoms with Crippen LogP contribution in [0.15, 0.2) is 54.6 Å². The highest BCUT2D eigenvalue weighted by Gasteiger charge is 2.63. The van der Waals surface area contributed by atoms with Crippen molar-refractivity contribution in [3.05, 3.63) is 60.2 Å². The van der Waals surface area contributed by atoms with Gasteiger partial charge in [0, 0.05) is 5.69 Å². The highest BCUT2D eigenvalue weighted by molar-refractivity contribution is 6.07. The zero-order valence-corrected chi connectivity index (χ0v) is 22.7. The standard InChI is InChI=1S/C29H34N2O8/c1-28(2)35-15-20(38-28)23-25(21-16-36-29(3,4)39-21)37-27(33)31(23)24-22(17-9-7-6-8-10-17)30(26(24)32)18-11-13-19(34-5)14-12-18/h6-14,20-25H,15-16H2,1-5H3/t20-,21-,22-,23-,24+,25-/m1/s1. The first kappa shape index (κ1) is 26.1. The molecule has 2 amide bonds. The highest BCUT2D eigenvalue weighted by atomic mass is 16.8. The minimum Gasteiger partial charge on any atom is -0.497 e. The van der Waals surface area contributed by atoms with Crippen LogP contribution in [-0.4, -0.2) is 79.2 Å². The van der Waals surface area contributed by atoms with Gasteiger partial charge in [-0.05, 0) is 57.5 Å². The molecule has 0 aromatic heterocycles. The largest absolute Gasteiger partial charge is 0.497 e. The number of hydrogen-bond acceptors (Lipinski definition) is 8. The Labute approximate surface area is 227 Å². The van der Waals surface area contributed by atoms with Crippen molar-refractivity contribution in [3.63, 3.8) is 0 Å². The number of methoxy groups -OCH3 is 1. The lowest BCUT2D eigenvalue weighted by Crippen LogP contribution is -2.69. The van der Waals surface area contributed by atoms with Crippen LogP contribution in [0.2, 0.25) is 0 Å². The minimum absolute atomic E-state index is 0.210. The van der Waals surface area contributed by atoms with Crippen LogP contribution < -0.4 is 9.64 Å². The Balaban J connectivity index is 1.38. The van der Waals surface area contributed by atoms with Crippen molar-refractivity contribution in [1.82, 2.24) is 4.90 Å². The van der Waals surface area contributed by atoms with Crippen LogP contribution in [0.3, 0.4) is 0 Å². The Morgan fingerprint density at radius 3 is 2.00 bits per heavy atom. The Morgan fingerprint density at radius 1 is 0.821 bits per heavy atom. The molecule has 2 aromatic rings. The maximum Gasteiger partial charge on any atom is 0.411 e. The lowest BCUT2D eigenvalue weighted by Gasteiger charge is -2.51. The SMILES string of the molecule is COc1ccc(N2C(=O)[C@@H](N3C(=O)O[C@H]([C@H]4COC(C)(C)O4)[C@H]3[C@H]3COC(C)(C)O3)[C@H]2c2ccccc2)cc1. The van der Waals surface area contributed by atoms with Gasteiger partial charge in [0.15, 0.2) is 17.7 Å². The van der Waals surface area contributed by atoms with E-state index in [4.69, 9.17) is 28.4 Å². The normalized spacial score (nSPS) is 33.3. The number of ether oxygens (including phenoxy) is 6. The quantitative estimate of drug-likeness (QED) is 0.515. The second-order valence-electron chi connectivity index (χ2n) is 11.2. The van der Waals surface area contributed by atoms with Gasteiger partial charge in [-0.2, -0.15) is 0 Å². The number of anilines is 1. The summed E-state index contributed by atoms with van der Waals surface area (Å²) < 4.78 is 35.3. The zero-order valence-electron chi connectivity index (χ0n) is 22.7. The van der Waals surface area contributed by atoms with Gasteiger partial charge in [-0.1, -0.05) is 30.3 Å². The fraction of sp³-hybridized carbons (Fsp3) is 0.517. The first-order valence-corrected chi connectivity index (χ1v) is 13.2. The number of hydrogen-bond donors (Lipinski definition) is 0. The molecular formula is C29H34N2O8. The Hall–Kier alpha value is -3.18. The number of carbonyl (C=O) groups is 2. The molecule has 4 aliphatic rings. The first-order valence-electron chi connectivity index (χ1n) is 13.2. The van der Waals surface area contributed by atoms with E-state index in [-0.39, 0.29) is 19.1 Å². The van der Waals surface area contributed by atoms with Gasteiger partial charge in [-0.15, -0.1) is 0 Å². The highest BCUT2D eigenvalue weighted by Crippen LogP contribution is 2.47. The van der Waals surface area contributed by atoms with E-state index < -0.39 is 54.1 Å². The maximum atomic E-state index is 14.0.